The molecular weight excluding hydrogens is 370 g/mol. The van der Waals surface area contributed by atoms with Gasteiger partial charge in [0, 0.05) is 37.7 Å². The van der Waals surface area contributed by atoms with Crippen LogP contribution in [0, 0.1) is 5.92 Å². The van der Waals surface area contributed by atoms with Crippen molar-refractivity contribution in [2.75, 3.05) is 52.5 Å². The Bertz CT molecular complexity index is 768. The number of nitrogens with zero attached hydrogens (tertiary/aromatic N) is 4. The van der Waals surface area contributed by atoms with Crippen molar-refractivity contribution >= 4 is 5.91 Å². The van der Waals surface area contributed by atoms with Crippen molar-refractivity contribution in [3.05, 3.63) is 36.2 Å². The van der Waals surface area contributed by atoms with Gasteiger partial charge in [0.15, 0.2) is 0 Å². The zero-order chi connectivity index (χ0) is 19.9. The summed E-state index contributed by atoms with van der Waals surface area (Å²) in [5.74, 6) is 1.52. The minimum absolute atomic E-state index is 0.0958. The van der Waals surface area contributed by atoms with Gasteiger partial charge >= 0.3 is 0 Å². The van der Waals surface area contributed by atoms with E-state index < -0.39 is 0 Å². The van der Waals surface area contributed by atoms with Crippen LogP contribution in [-0.2, 0) is 16.1 Å². The third-order valence-electron chi connectivity index (χ3n) is 5.65. The number of carbonyl (C=O) groups is 1. The zero-order valence-electron chi connectivity index (χ0n) is 16.8. The molecule has 3 heterocycles. The Balaban J connectivity index is 1.17. The fourth-order valence-electron chi connectivity index (χ4n) is 3.87. The van der Waals surface area contributed by atoms with E-state index in [2.05, 4.69) is 25.3 Å². The van der Waals surface area contributed by atoms with Gasteiger partial charge in [-0.05, 0) is 25.9 Å². The lowest BCUT2D eigenvalue weighted by molar-refractivity contribution is -0.126. The van der Waals surface area contributed by atoms with Gasteiger partial charge in [-0.2, -0.15) is 4.98 Å². The predicted octanol–water partition coefficient (Wildman–Crippen LogP) is 1.40. The van der Waals surface area contributed by atoms with Gasteiger partial charge in [0.1, 0.15) is 0 Å². The van der Waals surface area contributed by atoms with Crippen molar-refractivity contribution in [2.24, 2.45) is 5.92 Å². The minimum atomic E-state index is 0.0958. The predicted molar refractivity (Wildman–Crippen MR) is 108 cm³/mol. The second-order valence-electron chi connectivity index (χ2n) is 7.67. The molecular formula is C21H29N5O3. The molecule has 156 valence electrons. The maximum atomic E-state index is 12.5. The van der Waals surface area contributed by atoms with E-state index in [4.69, 9.17) is 9.26 Å². The molecule has 0 aliphatic carbocycles. The number of amides is 1. The highest BCUT2D eigenvalue weighted by Gasteiger charge is 2.26. The summed E-state index contributed by atoms with van der Waals surface area (Å²) in [6, 6.07) is 9.83. The molecule has 1 aromatic carbocycles. The Morgan fingerprint density at radius 2 is 1.83 bits per heavy atom. The Hall–Kier alpha value is -2.29. The number of hydrogen-bond donors (Lipinski definition) is 1. The quantitative estimate of drug-likeness (QED) is 0.753. The molecule has 1 aromatic heterocycles. The summed E-state index contributed by atoms with van der Waals surface area (Å²) in [7, 11) is 0. The lowest BCUT2D eigenvalue weighted by Gasteiger charge is -2.30. The number of ether oxygens (including phenoxy) is 1. The van der Waals surface area contributed by atoms with E-state index >= 15 is 0 Å². The van der Waals surface area contributed by atoms with E-state index in [0.29, 0.717) is 24.8 Å². The number of hydrogen-bond acceptors (Lipinski definition) is 7. The molecule has 0 unspecified atom stereocenters. The summed E-state index contributed by atoms with van der Waals surface area (Å²) in [5.41, 5.74) is 0.954. The van der Waals surface area contributed by atoms with Crippen LogP contribution in [0.1, 0.15) is 18.7 Å². The van der Waals surface area contributed by atoms with Crippen LogP contribution < -0.4 is 5.32 Å². The van der Waals surface area contributed by atoms with Gasteiger partial charge in [0.05, 0.1) is 19.8 Å². The van der Waals surface area contributed by atoms with Crippen molar-refractivity contribution in [3.8, 4) is 11.4 Å². The molecule has 2 fully saturated rings. The van der Waals surface area contributed by atoms with Crippen LogP contribution in [0.25, 0.3) is 11.4 Å². The highest BCUT2D eigenvalue weighted by Crippen LogP contribution is 2.20. The fraction of sp³-hybridized carbons (Fsp3) is 0.571. The van der Waals surface area contributed by atoms with Crippen molar-refractivity contribution in [3.63, 3.8) is 0 Å². The summed E-state index contributed by atoms with van der Waals surface area (Å²) in [6.45, 7) is 7.46. The molecule has 0 spiro atoms. The number of nitrogens with one attached hydrogen (secondary N) is 1. The summed E-state index contributed by atoms with van der Waals surface area (Å²) in [4.78, 5) is 21.6. The first-order valence-electron chi connectivity index (χ1n) is 10.5. The average molecular weight is 399 g/mol. The van der Waals surface area contributed by atoms with E-state index in [9.17, 15) is 4.79 Å². The zero-order valence-corrected chi connectivity index (χ0v) is 16.8. The summed E-state index contributed by atoms with van der Waals surface area (Å²) >= 11 is 0. The molecule has 2 aliphatic heterocycles. The number of carbonyl (C=O) groups excluding carboxylic acids is 1. The highest BCUT2D eigenvalue weighted by atomic mass is 16.5. The Kier molecular flexibility index (Phi) is 6.87. The molecule has 0 bridgehead atoms. The molecule has 8 nitrogen and oxygen atoms in total. The number of piperidine rings is 1. The normalized spacial score (nSPS) is 19.3. The number of benzene rings is 1. The molecule has 0 atom stereocenters. The van der Waals surface area contributed by atoms with E-state index in [1.54, 1.807) is 0 Å². The Morgan fingerprint density at radius 3 is 2.59 bits per heavy atom. The van der Waals surface area contributed by atoms with Crippen LogP contribution in [0.15, 0.2) is 34.9 Å². The van der Waals surface area contributed by atoms with E-state index in [0.717, 1.165) is 64.3 Å². The molecule has 1 N–H and O–H groups in total. The summed E-state index contributed by atoms with van der Waals surface area (Å²) < 4.78 is 10.8. The largest absolute Gasteiger partial charge is 0.379 e. The molecule has 4 rings (SSSR count). The molecule has 1 amide bonds. The van der Waals surface area contributed by atoms with E-state index in [1.165, 1.54) is 0 Å². The van der Waals surface area contributed by atoms with Crippen LogP contribution in [0.4, 0.5) is 0 Å². The highest BCUT2D eigenvalue weighted by molar-refractivity contribution is 5.78. The van der Waals surface area contributed by atoms with Crippen molar-refractivity contribution in [2.45, 2.75) is 19.4 Å². The topological polar surface area (TPSA) is 83.7 Å². The Labute approximate surface area is 171 Å². The van der Waals surface area contributed by atoms with Gasteiger partial charge in [-0.25, -0.2) is 0 Å². The number of likely N-dealkylation sites (tertiary alicyclic amines) is 1. The number of rotatable bonds is 7. The lowest BCUT2D eigenvalue weighted by Crippen LogP contribution is -2.44. The molecule has 2 aliphatic rings. The third-order valence-corrected chi connectivity index (χ3v) is 5.65. The first-order chi connectivity index (χ1) is 14.3. The van der Waals surface area contributed by atoms with Crippen LogP contribution in [0.5, 0.6) is 0 Å². The maximum Gasteiger partial charge on any atom is 0.241 e. The van der Waals surface area contributed by atoms with Crippen LogP contribution >= 0.6 is 0 Å². The molecule has 2 saturated heterocycles. The third kappa shape index (κ3) is 5.62. The molecule has 29 heavy (non-hydrogen) atoms. The smallest absolute Gasteiger partial charge is 0.241 e. The van der Waals surface area contributed by atoms with Crippen molar-refractivity contribution in [1.29, 1.82) is 0 Å². The molecule has 0 radical (unpaired) electrons. The van der Waals surface area contributed by atoms with E-state index in [1.807, 2.05) is 30.3 Å². The van der Waals surface area contributed by atoms with Gasteiger partial charge in [0.25, 0.3) is 0 Å². The van der Waals surface area contributed by atoms with Crippen molar-refractivity contribution < 1.29 is 14.1 Å². The van der Waals surface area contributed by atoms with Crippen molar-refractivity contribution in [1.82, 2.24) is 25.3 Å². The molecule has 8 heteroatoms. The second-order valence-corrected chi connectivity index (χ2v) is 7.67. The van der Waals surface area contributed by atoms with E-state index in [-0.39, 0.29) is 11.8 Å². The second kappa shape index (κ2) is 9.96. The summed E-state index contributed by atoms with van der Waals surface area (Å²) in [6.07, 6.45) is 1.73. The minimum Gasteiger partial charge on any atom is -0.379 e. The number of aromatic nitrogens is 2. The van der Waals surface area contributed by atoms with Crippen LogP contribution in [0.3, 0.4) is 0 Å². The fourth-order valence-corrected chi connectivity index (χ4v) is 3.87. The SMILES string of the molecule is O=C(NCCN1CCOCC1)C1CCN(Cc2nc(-c3ccccc3)no2)CC1. The van der Waals surface area contributed by atoms with Gasteiger partial charge in [-0.1, -0.05) is 35.5 Å². The lowest BCUT2D eigenvalue weighted by atomic mass is 9.96. The van der Waals surface area contributed by atoms with Crippen LogP contribution in [0.2, 0.25) is 0 Å². The first-order valence-corrected chi connectivity index (χ1v) is 10.5. The van der Waals surface area contributed by atoms with Gasteiger partial charge in [-0.15, -0.1) is 0 Å². The van der Waals surface area contributed by atoms with Gasteiger partial charge in [-0.3, -0.25) is 14.6 Å². The van der Waals surface area contributed by atoms with Crippen LogP contribution in [-0.4, -0.2) is 78.3 Å². The summed E-state index contributed by atoms with van der Waals surface area (Å²) in [5, 5.41) is 7.18. The maximum absolute atomic E-state index is 12.5. The van der Waals surface area contributed by atoms with Gasteiger partial charge in [0.2, 0.25) is 17.6 Å². The molecule has 2 aromatic rings. The molecule has 0 saturated carbocycles. The first kappa shape index (κ1) is 20.0. The van der Waals surface area contributed by atoms with Gasteiger partial charge < -0.3 is 14.6 Å². The Morgan fingerprint density at radius 1 is 1.07 bits per heavy atom. The monoisotopic (exact) mass is 399 g/mol. The number of morpholine rings is 1. The average Bonchev–Trinajstić information content (AvgIpc) is 3.24. The standard InChI is InChI=1S/C21H29N5O3/c27-21(22-8-11-25-12-14-28-15-13-25)18-6-9-26(10-7-18)16-19-23-20(24-29-19)17-4-2-1-3-5-17/h1-5,18H,6-16H2,(H,22,27).